The Hall–Kier alpha value is -0.420. The molecule has 1 aliphatic rings. The second-order valence-electron chi connectivity index (χ2n) is 6.49. The van der Waals surface area contributed by atoms with Gasteiger partial charge in [0.2, 0.25) is 0 Å². The molecule has 0 aliphatic carbocycles. The fourth-order valence-electron chi connectivity index (χ4n) is 2.29. The molecule has 1 rings (SSSR count). The molecule has 0 radical (unpaired) electrons. The largest absolute Gasteiger partial charge is 0.444 e. The third kappa shape index (κ3) is 7.39. The van der Waals surface area contributed by atoms with Crippen molar-refractivity contribution in [2.75, 3.05) is 38.2 Å². The summed E-state index contributed by atoms with van der Waals surface area (Å²) in [6.45, 7) is 9.49. The first-order valence-corrected chi connectivity index (χ1v) is 8.99. The van der Waals surface area contributed by atoms with E-state index in [-0.39, 0.29) is 6.09 Å². The highest BCUT2D eigenvalue weighted by molar-refractivity contribution is 7.98. The van der Waals surface area contributed by atoms with E-state index in [1.807, 2.05) is 37.4 Å². The second-order valence-corrected chi connectivity index (χ2v) is 7.47. The predicted octanol–water partition coefficient (Wildman–Crippen LogP) is 2.98. The number of likely N-dealkylation sites (tertiary alicyclic amines) is 1. The average Bonchev–Trinajstić information content (AvgIpc) is 2.80. The van der Waals surface area contributed by atoms with Crippen LogP contribution in [0.2, 0.25) is 0 Å². The maximum atomic E-state index is 11.9. The number of nitrogens with zero attached hydrogens (tertiary/aromatic N) is 1. The van der Waals surface area contributed by atoms with Gasteiger partial charge in [0, 0.05) is 13.1 Å². The number of nitrogens with one attached hydrogen (secondary N) is 1. The summed E-state index contributed by atoms with van der Waals surface area (Å²) >= 11 is 1.91. The van der Waals surface area contributed by atoms with Gasteiger partial charge in [-0.05, 0) is 71.0 Å². The van der Waals surface area contributed by atoms with Crippen molar-refractivity contribution in [3.8, 4) is 0 Å². The summed E-state index contributed by atoms with van der Waals surface area (Å²) in [5.41, 5.74) is -0.398. The minimum atomic E-state index is -0.398. The van der Waals surface area contributed by atoms with Crippen LogP contribution in [0.15, 0.2) is 0 Å². The molecule has 0 saturated carbocycles. The molecule has 20 heavy (non-hydrogen) atoms. The maximum Gasteiger partial charge on any atom is 0.410 e. The number of carbonyl (C=O) groups is 1. The van der Waals surface area contributed by atoms with Crippen LogP contribution >= 0.6 is 11.8 Å². The first kappa shape index (κ1) is 17.6. The topological polar surface area (TPSA) is 41.6 Å². The van der Waals surface area contributed by atoms with E-state index in [0.717, 1.165) is 32.6 Å². The highest BCUT2D eigenvalue weighted by Gasteiger charge is 2.29. The minimum Gasteiger partial charge on any atom is -0.444 e. The van der Waals surface area contributed by atoms with Crippen LogP contribution in [-0.4, -0.2) is 54.8 Å². The molecule has 0 aromatic heterocycles. The molecule has 1 N–H and O–H groups in total. The van der Waals surface area contributed by atoms with Gasteiger partial charge < -0.3 is 15.0 Å². The van der Waals surface area contributed by atoms with Crippen molar-refractivity contribution in [1.29, 1.82) is 0 Å². The Bertz CT molecular complexity index is 292. The molecule has 1 saturated heterocycles. The summed E-state index contributed by atoms with van der Waals surface area (Å²) in [5.74, 6) is 1.82. The number of amides is 1. The van der Waals surface area contributed by atoms with E-state index >= 15 is 0 Å². The Labute approximate surface area is 128 Å². The zero-order valence-corrected chi connectivity index (χ0v) is 14.2. The third-order valence-corrected chi connectivity index (χ3v) is 4.02. The van der Waals surface area contributed by atoms with Gasteiger partial charge >= 0.3 is 6.09 Å². The Morgan fingerprint density at radius 2 is 2.15 bits per heavy atom. The van der Waals surface area contributed by atoms with Crippen LogP contribution in [0.5, 0.6) is 0 Å². The predicted molar refractivity (Wildman–Crippen MR) is 86.4 cm³/mol. The summed E-state index contributed by atoms with van der Waals surface area (Å²) < 4.78 is 5.40. The lowest BCUT2D eigenvalue weighted by atomic mass is 10.1. The summed E-state index contributed by atoms with van der Waals surface area (Å²) in [6.07, 6.45) is 5.58. The molecule has 0 spiro atoms. The van der Waals surface area contributed by atoms with Crippen LogP contribution in [0, 0.1) is 5.92 Å². The number of hydrogen-bond donors (Lipinski definition) is 1. The molecule has 0 bridgehead atoms. The van der Waals surface area contributed by atoms with E-state index in [4.69, 9.17) is 4.74 Å². The lowest BCUT2D eigenvalue weighted by molar-refractivity contribution is 0.0288. The normalized spacial score (nSPS) is 19.4. The number of rotatable bonds is 7. The van der Waals surface area contributed by atoms with E-state index in [2.05, 4.69) is 11.6 Å². The monoisotopic (exact) mass is 302 g/mol. The Balaban J connectivity index is 2.12. The summed E-state index contributed by atoms with van der Waals surface area (Å²) in [7, 11) is 0. The Kier molecular flexibility index (Phi) is 7.74. The van der Waals surface area contributed by atoms with Crippen molar-refractivity contribution in [3.05, 3.63) is 0 Å². The highest BCUT2D eigenvalue weighted by atomic mass is 32.2. The van der Waals surface area contributed by atoms with Crippen molar-refractivity contribution in [2.24, 2.45) is 5.92 Å². The van der Waals surface area contributed by atoms with E-state index in [0.29, 0.717) is 5.92 Å². The first-order chi connectivity index (χ1) is 9.42. The third-order valence-electron chi connectivity index (χ3n) is 3.32. The van der Waals surface area contributed by atoms with Crippen molar-refractivity contribution in [2.45, 2.75) is 45.6 Å². The standard InChI is InChI=1S/C15H30N2O2S/c1-15(2,3)19-14(18)17-9-7-13(12-17)11-16-8-5-6-10-20-4/h13,16H,5-12H2,1-4H3. The zero-order chi connectivity index (χ0) is 15.0. The van der Waals surface area contributed by atoms with Crippen LogP contribution in [0.3, 0.4) is 0 Å². The highest BCUT2D eigenvalue weighted by Crippen LogP contribution is 2.18. The molecule has 4 nitrogen and oxygen atoms in total. The number of thioether (sulfide) groups is 1. The van der Waals surface area contributed by atoms with Crippen LogP contribution in [0.25, 0.3) is 0 Å². The summed E-state index contributed by atoms with van der Waals surface area (Å²) in [4.78, 5) is 13.8. The van der Waals surface area contributed by atoms with Gasteiger partial charge in [0.1, 0.15) is 5.60 Å². The molecule has 1 amide bonds. The lowest BCUT2D eigenvalue weighted by Crippen LogP contribution is -2.36. The van der Waals surface area contributed by atoms with Crippen molar-refractivity contribution < 1.29 is 9.53 Å². The fourth-order valence-corrected chi connectivity index (χ4v) is 2.79. The molecule has 0 aromatic carbocycles. The smallest absolute Gasteiger partial charge is 0.410 e. The van der Waals surface area contributed by atoms with Crippen molar-refractivity contribution >= 4 is 17.9 Å². The van der Waals surface area contributed by atoms with Crippen molar-refractivity contribution in [3.63, 3.8) is 0 Å². The van der Waals surface area contributed by atoms with Crippen LogP contribution in [-0.2, 0) is 4.74 Å². The van der Waals surface area contributed by atoms with Crippen LogP contribution in [0.4, 0.5) is 4.79 Å². The fraction of sp³-hybridized carbons (Fsp3) is 0.933. The number of ether oxygens (including phenoxy) is 1. The Morgan fingerprint density at radius 3 is 2.80 bits per heavy atom. The van der Waals surface area contributed by atoms with Crippen molar-refractivity contribution in [1.82, 2.24) is 10.2 Å². The number of hydrogen-bond acceptors (Lipinski definition) is 4. The molecule has 1 fully saturated rings. The minimum absolute atomic E-state index is 0.167. The average molecular weight is 302 g/mol. The molecule has 1 aliphatic heterocycles. The van der Waals surface area contributed by atoms with Gasteiger partial charge in [0.15, 0.2) is 0 Å². The van der Waals surface area contributed by atoms with E-state index < -0.39 is 5.60 Å². The van der Waals surface area contributed by atoms with Gasteiger partial charge in [-0.25, -0.2) is 4.79 Å². The van der Waals surface area contributed by atoms with E-state index in [1.165, 1.54) is 18.6 Å². The SMILES string of the molecule is CSCCCCNCC1CCN(C(=O)OC(C)(C)C)C1. The van der Waals surface area contributed by atoms with Gasteiger partial charge in [0.25, 0.3) is 0 Å². The van der Waals surface area contributed by atoms with E-state index in [1.54, 1.807) is 0 Å². The second kappa shape index (κ2) is 8.78. The Morgan fingerprint density at radius 1 is 1.40 bits per heavy atom. The molecular weight excluding hydrogens is 272 g/mol. The van der Waals surface area contributed by atoms with Crippen LogP contribution in [0.1, 0.15) is 40.0 Å². The van der Waals surface area contributed by atoms with Gasteiger partial charge in [0.05, 0.1) is 0 Å². The summed E-state index contributed by atoms with van der Waals surface area (Å²) in [5, 5.41) is 3.51. The lowest BCUT2D eigenvalue weighted by Gasteiger charge is -2.24. The molecule has 0 aromatic rings. The molecule has 1 heterocycles. The van der Waals surface area contributed by atoms with Gasteiger partial charge in [-0.1, -0.05) is 0 Å². The zero-order valence-electron chi connectivity index (χ0n) is 13.4. The molecule has 118 valence electrons. The molecular formula is C15H30N2O2S. The van der Waals surface area contributed by atoms with Gasteiger partial charge in [-0.15, -0.1) is 0 Å². The summed E-state index contributed by atoms with van der Waals surface area (Å²) in [6, 6.07) is 0. The maximum absolute atomic E-state index is 11.9. The molecule has 5 heteroatoms. The van der Waals surface area contributed by atoms with Gasteiger partial charge in [-0.3, -0.25) is 0 Å². The molecule has 1 unspecified atom stereocenters. The van der Waals surface area contributed by atoms with Gasteiger partial charge in [-0.2, -0.15) is 11.8 Å². The first-order valence-electron chi connectivity index (χ1n) is 7.60. The number of unbranched alkanes of at least 4 members (excludes halogenated alkanes) is 1. The van der Waals surface area contributed by atoms with E-state index in [9.17, 15) is 4.79 Å². The quantitative estimate of drug-likeness (QED) is 0.734. The number of carbonyl (C=O) groups excluding carboxylic acids is 1. The van der Waals surface area contributed by atoms with Crippen LogP contribution < -0.4 is 5.32 Å². The molecule has 1 atom stereocenters.